The predicted molar refractivity (Wildman–Crippen MR) is 141 cm³/mol. The molecule has 2 bridgehead atoms. The van der Waals surface area contributed by atoms with E-state index in [1.807, 2.05) is 4.90 Å². The number of nitrogens with one attached hydrogen (secondary N) is 1. The molecule has 0 saturated carbocycles. The van der Waals surface area contributed by atoms with Crippen LogP contribution in [0.1, 0.15) is 33.6 Å². The minimum Gasteiger partial charge on any atom is -0.492 e. The molecule has 12 heteroatoms. The van der Waals surface area contributed by atoms with Crippen molar-refractivity contribution in [3.05, 3.63) is 45.0 Å². The van der Waals surface area contributed by atoms with Crippen LogP contribution in [0.2, 0.25) is 0 Å². The Kier molecular flexibility index (Phi) is 6.91. The molecule has 3 heterocycles. The first-order valence-corrected chi connectivity index (χ1v) is 13.2. The Morgan fingerprint density at radius 2 is 1.41 bits per heavy atom. The van der Waals surface area contributed by atoms with Crippen molar-refractivity contribution in [2.75, 3.05) is 27.8 Å². The number of hydrogen-bond donors (Lipinski definition) is 1. The number of Topliss-reactive ketones (excluding diaryl/α,β-unsaturated/α-hetero) is 5. The first-order valence-electron chi connectivity index (χ1n) is 13.2. The molecule has 5 aliphatic rings. The third kappa shape index (κ3) is 3.87. The molecule has 5 atom stereocenters. The van der Waals surface area contributed by atoms with E-state index < -0.39 is 59.2 Å². The number of methoxy groups -OCH3 is 2. The number of amides is 1. The van der Waals surface area contributed by atoms with Crippen molar-refractivity contribution in [1.29, 1.82) is 5.26 Å². The standard InChI is InChI=1S/C29H30N4O8/c1-11-23(35)14-8-17-22-21-15(24(36)12(2)28(41-6)26(21)38)7-16(32(22)4)18(9-30)33(17)19(10-31-29(39)13(3)34)20(14)25(37)27(11)40-5/h16-19,22H,7-8,10H2,1-6H3,(H,31,39)/t16-,17-,18-,19-,22-/m0/s1. The fourth-order valence-corrected chi connectivity index (χ4v) is 7.13. The second-order valence-corrected chi connectivity index (χ2v) is 10.9. The van der Waals surface area contributed by atoms with Crippen molar-refractivity contribution in [2.24, 2.45) is 0 Å². The number of allylic oxidation sites excluding steroid dienone is 4. The molecule has 0 aromatic carbocycles. The Morgan fingerprint density at radius 3 is 1.93 bits per heavy atom. The Labute approximate surface area is 236 Å². The van der Waals surface area contributed by atoms with Gasteiger partial charge in [-0.1, -0.05) is 0 Å². The van der Waals surface area contributed by atoms with Crippen molar-refractivity contribution >= 4 is 34.8 Å². The Hall–Kier alpha value is -4.21. The molecular weight excluding hydrogens is 532 g/mol. The van der Waals surface area contributed by atoms with Crippen LogP contribution in [-0.2, 0) is 38.2 Å². The van der Waals surface area contributed by atoms with Gasteiger partial charge in [-0.3, -0.25) is 38.6 Å². The number of carbonyl (C=O) groups is 6. The zero-order chi connectivity index (χ0) is 30.1. The number of piperazine rings is 1. The van der Waals surface area contributed by atoms with Gasteiger partial charge in [0.2, 0.25) is 17.3 Å². The fourth-order valence-electron chi connectivity index (χ4n) is 7.13. The van der Waals surface area contributed by atoms with Gasteiger partial charge in [-0.05, 0) is 33.7 Å². The average Bonchev–Trinajstić information content (AvgIpc) is 2.93. The summed E-state index contributed by atoms with van der Waals surface area (Å²) in [7, 11) is 4.38. The van der Waals surface area contributed by atoms with E-state index >= 15 is 0 Å². The minimum absolute atomic E-state index is 0.00850. The molecule has 0 spiro atoms. The molecular formula is C29H30N4O8. The summed E-state index contributed by atoms with van der Waals surface area (Å²) in [6.45, 7) is 3.89. The van der Waals surface area contributed by atoms with E-state index in [0.29, 0.717) is 5.57 Å². The van der Waals surface area contributed by atoms with Gasteiger partial charge in [0.15, 0.2) is 23.1 Å². The van der Waals surface area contributed by atoms with Crippen LogP contribution in [0.5, 0.6) is 0 Å². The molecule has 214 valence electrons. The summed E-state index contributed by atoms with van der Waals surface area (Å²) in [5.74, 6) is -3.51. The number of likely N-dealkylation sites (N-methyl/N-ethyl adjacent to an activating group) is 1. The lowest BCUT2D eigenvalue weighted by Crippen LogP contribution is -2.74. The average molecular weight is 563 g/mol. The Balaban J connectivity index is 1.71. The van der Waals surface area contributed by atoms with Crippen LogP contribution in [0.3, 0.4) is 0 Å². The van der Waals surface area contributed by atoms with Gasteiger partial charge in [0, 0.05) is 59.0 Å². The molecule has 12 nitrogen and oxygen atoms in total. The second-order valence-electron chi connectivity index (χ2n) is 10.9. The summed E-state index contributed by atoms with van der Waals surface area (Å²) < 4.78 is 10.6. The summed E-state index contributed by atoms with van der Waals surface area (Å²) in [5.41, 5.74) is 1.19. The fraction of sp³-hybridized carbons (Fsp3) is 0.483. The smallest absolute Gasteiger partial charge is 0.287 e. The molecule has 0 aromatic heterocycles. The third-order valence-corrected chi connectivity index (χ3v) is 8.99. The summed E-state index contributed by atoms with van der Waals surface area (Å²) in [5, 5.41) is 13.0. The number of fused-ring (bicyclic) bond motifs is 5. The molecule has 0 aromatic rings. The maximum absolute atomic E-state index is 13.8. The van der Waals surface area contributed by atoms with Gasteiger partial charge in [-0.15, -0.1) is 0 Å². The second kappa shape index (κ2) is 10.0. The van der Waals surface area contributed by atoms with Crippen LogP contribution >= 0.6 is 0 Å². The number of nitrogens with zero attached hydrogens (tertiary/aromatic N) is 3. The van der Waals surface area contributed by atoms with Gasteiger partial charge in [0.25, 0.3) is 5.91 Å². The van der Waals surface area contributed by atoms with Crippen LogP contribution in [0.4, 0.5) is 0 Å². The molecule has 1 fully saturated rings. The van der Waals surface area contributed by atoms with E-state index in [-0.39, 0.29) is 64.6 Å². The Bertz CT molecular complexity index is 1520. The summed E-state index contributed by atoms with van der Waals surface area (Å²) in [4.78, 5) is 82.3. The van der Waals surface area contributed by atoms with Crippen LogP contribution < -0.4 is 5.32 Å². The summed E-state index contributed by atoms with van der Waals surface area (Å²) in [6.07, 6.45) is 0.116. The van der Waals surface area contributed by atoms with Gasteiger partial charge in [-0.25, -0.2) is 0 Å². The lowest BCUT2D eigenvalue weighted by Gasteiger charge is -2.60. The number of ether oxygens (including phenoxy) is 2. The topological polar surface area (TPSA) is 163 Å². The molecule has 0 unspecified atom stereocenters. The molecule has 0 radical (unpaired) electrons. The van der Waals surface area contributed by atoms with Crippen molar-refractivity contribution in [2.45, 2.75) is 63.8 Å². The molecule has 1 N–H and O–H groups in total. The van der Waals surface area contributed by atoms with Crippen LogP contribution in [0.15, 0.2) is 45.0 Å². The maximum atomic E-state index is 13.8. The highest BCUT2D eigenvalue weighted by Gasteiger charge is 2.59. The SMILES string of the molecule is COC1=C(C)C(=O)C2=C(C1=O)[C@@H]1[C@@H]3CC4=C(C(=O)C(OC)=C(C)C4=O)[C@H](CNC(=O)C(C)=O)N3[C@@H](C#N)[C@H](C2)N1C. The third-order valence-electron chi connectivity index (χ3n) is 8.99. The van der Waals surface area contributed by atoms with E-state index in [0.717, 1.165) is 6.92 Å². The molecule has 5 rings (SSSR count). The predicted octanol–water partition coefficient (Wildman–Crippen LogP) is -0.149. The molecule has 1 saturated heterocycles. The molecule has 2 aliphatic carbocycles. The van der Waals surface area contributed by atoms with E-state index in [4.69, 9.17) is 9.47 Å². The van der Waals surface area contributed by atoms with Gasteiger partial charge < -0.3 is 14.8 Å². The van der Waals surface area contributed by atoms with Crippen LogP contribution in [0, 0.1) is 11.3 Å². The van der Waals surface area contributed by atoms with Gasteiger partial charge >= 0.3 is 0 Å². The van der Waals surface area contributed by atoms with E-state index in [2.05, 4.69) is 11.4 Å². The lowest BCUT2D eigenvalue weighted by atomic mass is 9.67. The number of carbonyl (C=O) groups excluding carboxylic acids is 6. The zero-order valence-corrected chi connectivity index (χ0v) is 23.6. The van der Waals surface area contributed by atoms with E-state index in [9.17, 15) is 34.0 Å². The summed E-state index contributed by atoms with van der Waals surface area (Å²) >= 11 is 0. The van der Waals surface area contributed by atoms with Gasteiger partial charge in [0.05, 0.1) is 32.4 Å². The van der Waals surface area contributed by atoms with Crippen LogP contribution in [0.25, 0.3) is 0 Å². The number of hydrogen-bond acceptors (Lipinski definition) is 11. The molecule has 3 aliphatic heterocycles. The van der Waals surface area contributed by atoms with Crippen LogP contribution in [-0.4, -0.2) is 103 Å². The summed E-state index contributed by atoms with van der Waals surface area (Å²) in [6, 6.07) is -1.52. The van der Waals surface area contributed by atoms with Gasteiger partial charge in [-0.2, -0.15) is 5.26 Å². The molecule has 1 amide bonds. The highest BCUT2D eigenvalue weighted by Crippen LogP contribution is 2.48. The number of rotatable bonds is 5. The minimum atomic E-state index is -0.985. The monoisotopic (exact) mass is 562 g/mol. The molecule has 41 heavy (non-hydrogen) atoms. The van der Waals surface area contributed by atoms with Gasteiger partial charge in [0.1, 0.15) is 6.04 Å². The number of nitriles is 1. The maximum Gasteiger partial charge on any atom is 0.287 e. The van der Waals surface area contributed by atoms with Crippen molar-refractivity contribution in [3.63, 3.8) is 0 Å². The number of ketones is 5. The quantitative estimate of drug-likeness (QED) is 0.350. The normalized spacial score (nSPS) is 30.1. The highest BCUT2D eigenvalue weighted by molar-refractivity contribution is 6.35. The van der Waals surface area contributed by atoms with E-state index in [1.165, 1.54) is 28.1 Å². The first kappa shape index (κ1) is 28.3. The zero-order valence-electron chi connectivity index (χ0n) is 23.6. The van der Waals surface area contributed by atoms with Crippen molar-refractivity contribution in [3.8, 4) is 6.07 Å². The highest BCUT2D eigenvalue weighted by atomic mass is 16.5. The van der Waals surface area contributed by atoms with Crippen molar-refractivity contribution < 1.29 is 38.2 Å². The largest absolute Gasteiger partial charge is 0.492 e. The van der Waals surface area contributed by atoms with E-state index in [1.54, 1.807) is 11.9 Å². The first-order chi connectivity index (χ1) is 19.4. The Morgan fingerprint density at radius 1 is 0.902 bits per heavy atom. The van der Waals surface area contributed by atoms with Crippen molar-refractivity contribution in [1.82, 2.24) is 15.1 Å². The lowest BCUT2D eigenvalue weighted by molar-refractivity contribution is -0.137.